The summed E-state index contributed by atoms with van der Waals surface area (Å²) in [5.74, 6) is -0.456. The van der Waals surface area contributed by atoms with Crippen LogP contribution in [0.2, 0.25) is 5.02 Å². The summed E-state index contributed by atoms with van der Waals surface area (Å²) in [5, 5.41) is 22.7. The highest BCUT2D eigenvalue weighted by Gasteiger charge is 2.27. The predicted molar refractivity (Wildman–Crippen MR) is 71.3 cm³/mol. The van der Waals surface area contributed by atoms with Gasteiger partial charge in [0.1, 0.15) is 5.02 Å². The minimum atomic E-state index is -0.814. The van der Waals surface area contributed by atoms with E-state index < -0.39 is 22.5 Å². The lowest BCUT2D eigenvalue weighted by Gasteiger charge is -2.29. The van der Waals surface area contributed by atoms with Gasteiger partial charge in [-0.05, 0) is 32.9 Å². The summed E-state index contributed by atoms with van der Waals surface area (Å²) in [7, 11) is 0. The van der Waals surface area contributed by atoms with Crippen LogP contribution in [-0.2, 0) is 0 Å². The average Bonchev–Trinajstić information content (AvgIpc) is 2.27. The van der Waals surface area contributed by atoms with Crippen molar-refractivity contribution in [2.45, 2.75) is 32.4 Å². The Morgan fingerprint density at radius 3 is 2.53 bits per heavy atom. The molecule has 1 aromatic rings. The largest absolute Gasteiger partial charge is 0.391 e. The number of carbonyl (C=O) groups is 1. The number of benzene rings is 1. The lowest BCUT2D eigenvalue weighted by Crippen LogP contribution is -2.50. The standard InChI is InChI=1S/C12H15ClN2O4/c1-7(16)12(2,3)14-11(17)8-4-5-10(15(18)19)9(13)6-8/h4-7,16H,1-3H3,(H,14,17). The monoisotopic (exact) mass is 286 g/mol. The van der Waals surface area contributed by atoms with E-state index in [1.54, 1.807) is 20.8 Å². The highest BCUT2D eigenvalue weighted by atomic mass is 35.5. The molecule has 0 aliphatic heterocycles. The number of aliphatic hydroxyl groups excluding tert-OH is 1. The Balaban J connectivity index is 2.96. The lowest BCUT2D eigenvalue weighted by atomic mass is 9.98. The van der Waals surface area contributed by atoms with Gasteiger partial charge < -0.3 is 10.4 Å². The van der Waals surface area contributed by atoms with Crippen molar-refractivity contribution in [3.05, 3.63) is 38.9 Å². The van der Waals surface area contributed by atoms with E-state index in [-0.39, 0.29) is 16.3 Å². The van der Waals surface area contributed by atoms with Gasteiger partial charge in [-0.3, -0.25) is 14.9 Å². The van der Waals surface area contributed by atoms with E-state index in [2.05, 4.69) is 5.32 Å². The summed E-state index contributed by atoms with van der Waals surface area (Å²) in [6, 6.07) is 3.72. The van der Waals surface area contributed by atoms with Crippen molar-refractivity contribution in [3.8, 4) is 0 Å². The van der Waals surface area contributed by atoms with Crippen molar-refractivity contribution in [1.29, 1.82) is 0 Å². The molecule has 0 aromatic heterocycles. The fraction of sp³-hybridized carbons (Fsp3) is 0.417. The van der Waals surface area contributed by atoms with Crippen molar-refractivity contribution in [3.63, 3.8) is 0 Å². The molecule has 0 fully saturated rings. The number of nitro benzene ring substituents is 1. The number of halogens is 1. The van der Waals surface area contributed by atoms with Crippen molar-refractivity contribution in [2.75, 3.05) is 0 Å². The Hall–Kier alpha value is -1.66. The fourth-order valence-corrected chi connectivity index (χ4v) is 1.51. The first-order chi connectivity index (χ1) is 8.65. The SMILES string of the molecule is CC(O)C(C)(C)NC(=O)c1ccc([N+](=O)[O-])c(Cl)c1. The molecule has 6 nitrogen and oxygen atoms in total. The third-order valence-corrected chi connectivity index (χ3v) is 3.19. The maximum absolute atomic E-state index is 11.9. The van der Waals surface area contributed by atoms with Gasteiger partial charge in [0.25, 0.3) is 11.6 Å². The molecule has 104 valence electrons. The first kappa shape index (κ1) is 15.4. The number of nitrogens with zero attached hydrogens (tertiary/aromatic N) is 1. The van der Waals surface area contributed by atoms with Crippen LogP contribution in [-0.4, -0.2) is 27.6 Å². The molecule has 1 atom stereocenters. The zero-order chi connectivity index (χ0) is 14.8. The zero-order valence-electron chi connectivity index (χ0n) is 10.8. The van der Waals surface area contributed by atoms with Crippen LogP contribution in [0.3, 0.4) is 0 Å². The number of aliphatic hydroxyl groups is 1. The lowest BCUT2D eigenvalue weighted by molar-refractivity contribution is -0.384. The van der Waals surface area contributed by atoms with Crippen LogP contribution >= 0.6 is 11.6 Å². The summed E-state index contributed by atoms with van der Waals surface area (Å²) in [6.07, 6.45) is -0.745. The quantitative estimate of drug-likeness (QED) is 0.655. The van der Waals surface area contributed by atoms with E-state index in [4.69, 9.17) is 11.6 Å². The van der Waals surface area contributed by atoms with Crippen molar-refractivity contribution in [1.82, 2.24) is 5.32 Å². The number of nitrogens with one attached hydrogen (secondary N) is 1. The Bertz CT molecular complexity index is 514. The molecule has 2 N–H and O–H groups in total. The van der Waals surface area contributed by atoms with E-state index in [0.29, 0.717) is 0 Å². The molecule has 0 spiro atoms. The average molecular weight is 287 g/mol. The van der Waals surface area contributed by atoms with Gasteiger partial charge in [-0.25, -0.2) is 0 Å². The molecule has 0 saturated heterocycles. The maximum atomic E-state index is 11.9. The molecule has 1 amide bonds. The highest BCUT2D eigenvalue weighted by Crippen LogP contribution is 2.25. The smallest absolute Gasteiger partial charge is 0.287 e. The van der Waals surface area contributed by atoms with Crippen LogP contribution in [0.5, 0.6) is 0 Å². The van der Waals surface area contributed by atoms with Crippen molar-refractivity contribution < 1.29 is 14.8 Å². The molecule has 0 saturated carbocycles. The van der Waals surface area contributed by atoms with Gasteiger partial charge in [0.15, 0.2) is 0 Å². The molecule has 1 rings (SSSR count). The van der Waals surface area contributed by atoms with Crippen molar-refractivity contribution >= 4 is 23.2 Å². The molecule has 7 heteroatoms. The molecule has 0 heterocycles. The molecule has 0 radical (unpaired) electrons. The minimum absolute atomic E-state index is 0.104. The first-order valence-corrected chi connectivity index (χ1v) is 5.97. The number of amides is 1. The molecule has 0 aliphatic carbocycles. The number of carbonyl (C=O) groups excluding carboxylic acids is 1. The van der Waals surface area contributed by atoms with E-state index in [0.717, 1.165) is 0 Å². The molecular formula is C12H15ClN2O4. The van der Waals surface area contributed by atoms with Gasteiger partial charge >= 0.3 is 0 Å². The van der Waals surface area contributed by atoms with Gasteiger partial charge in [-0.15, -0.1) is 0 Å². The van der Waals surface area contributed by atoms with Crippen LogP contribution in [0.4, 0.5) is 5.69 Å². The van der Waals surface area contributed by atoms with E-state index in [9.17, 15) is 20.0 Å². The maximum Gasteiger partial charge on any atom is 0.287 e. The summed E-state index contributed by atoms with van der Waals surface area (Å²) < 4.78 is 0. The minimum Gasteiger partial charge on any atom is -0.391 e. The zero-order valence-corrected chi connectivity index (χ0v) is 11.6. The van der Waals surface area contributed by atoms with Gasteiger partial charge in [-0.2, -0.15) is 0 Å². The predicted octanol–water partition coefficient (Wildman–Crippen LogP) is 2.14. The molecular weight excluding hydrogens is 272 g/mol. The van der Waals surface area contributed by atoms with Gasteiger partial charge in [0.05, 0.1) is 16.6 Å². The van der Waals surface area contributed by atoms with Crippen LogP contribution < -0.4 is 5.32 Å². The van der Waals surface area contributed by atoms with Crippen LogP contribution in [0.15, 0.2) is 18.2 Å². The number of nitro groups is 1. The van der Waals surface area contributed by atoms with Crippen molar-refractivity contribution in [2.24, 2.45) is 0 Å². The summed E-state index contributed by atoms with van der Waals surface area (Å²) in [5.41, 5.74) is -0.872. The molecule has 19 heavy (non-hydrogen) atoms. The third kappa shape index (κ3) is 3.65. The second-order valence-electron chi connectivity index (χ2n) is 4.78. The van der Waals surface area contributed by atoms with Gasteiger partial charge in [0, 0.05) is 11.6 Å². The van der Waals surface area contributed by atoms with Gasteiger partial charge in [-0.1, -0.05) is 11.6 Å². The number of hydrogen-bond acceptors (Lipinski definition) is 4. The first-order valence-electron chi connectivity index (χ1n) is 5.59. The van der Waals surface area contributed by atoms with Crippen LogP contribution in [0, 0.1) is 10.1 Å². The summed E-state index contributed by atoms with van der Waals surface area (Å²) in [4.78, 5) is 21.9. The van der Waals surface area contributed by atoms with E-state index >= 15 is 0 Å². The molecule has 1 unspecified atom stereocenters. The topological polar surface area (TPSA) is 92.5 Å². The molecule has 1 aromatic carbocycles. The van der Waals surface area contributed by atoms with Crippen LogP contribution in [0.25, 0.3) is 0 Å². The Morgan fingerprint density at radius 2 is 2.11 bits per heavy atom. The van der Waals surface area contributed by atoms with Crippen LogP contribution in [0.1, 0.15) is 31.1 Å². The molecule has 0 bridgehead atoms. The Kier molecular flexibility index (Phi) is 4.49. The summed E-state index contributed by atoms with van der Waals surface area (Å²) >= 11 is 5.73. The van der Waals surface area contributed by atoms with E-state index in [1.165, 1.54) is 18.2 Å². The van der Waals surface area contributed by atoms with Gasteiger partial charge in [0.2, 0.25) is 0 Å². The third-order valence-electron chi connectivity index (χ3n) is 2.89. The number of hydrogen-bond donors (Lipinski definition) is 2. The second kappa shape index (κ2) is 5.54. The van der Waals surface area contributed by atoms with E-state index in [1.807, 2.05) is 0 Å². The molecule has 0 aliphatic rings. The Labute approximate surface area is 115 Å². The normalized spacial score (nSPS) is 12.9. The fourth-order valence-electron chi connectivity index (χ4n) is 1.27. The summed E-state index contributed by atoms with van der Waals surface area (Å²) in [6.45, 7) is 4.90. The number of rotatable bonds is 4. The second-order valence-corrected chi connectivity index (χ2v) is 5.18. The highest BCUT2D eigenvalue weighted by molar-refractivity contribution is 6.33. The Morgan fingerprint density at radius 1 is 1.53 bits per heavy atom.